The molecule has 0 unspecified atom stereocenters. The second kappa shape index (κ2) is 3.56. The second-order valence-electron chi connectivity index (χ2n) is 2.39. The van der Waals surface area contributed by atoms with Gasteiger partial charge in [-0.3, -0.25) is 0 Å². The van der Waals surface area contributed by atoms with Gasteiger partial charge in [-0.05, 0) is 12.1 Å². The first-order valence-electron chi connectivity index (χ1n) is 3.52. The third-order valence-corrected chi connectivity index (χ3v) is 1.72. The molecule has 0 amide bonds. The molecule has 0 bridgehead atoms. The van der Waals surface area contributed by atoms with Crippen LogP contribution in [-0.4, -0.2) is 9.38 Å². The molecule has 2 heterocycles. The van der Waals surface area contributed by atoms with Crippen LogP contribution in [0, 0.1) is 0 Å². The van der Waals surface area contributed by atoms with E-state index in [2.05, 4.69) is 4.98 Å². The highest BCUT2D eigenvalue weighted by Gasteiger charge is 1.98. The van der Waals surface area contributed by atoms with E-state index in [1.165, 1.54) is 0 Å². The minimum absolute atomic E-state index is 0. The maximum atomic E-state index is 5.48. The molecule has 0 aliphatic rings. The summed E-state index contributed by atoms with van der Waals surface area (Å²) >= 11 is 0. The van der Waals surface area contributed by atoms with Crippen LogP contribution in [0.15, 0.2) is 30.7 Å². The summed E-state index contributed by atoms with van der Waals surface area (Å²) in [6.07, 6.45) is 3.74. The lowest BCUT2D eigenvalue weighted by Crippen LogP contribution is -1.96. The standard InChI is InChI=1S/C8H9N3.ClH/c9-5-7-8-3-1-2-4-11(8)6-10-7;/h1-4,6H,5,9H2;1H. The third-order valence-electron chi connectivity index (χ3n) is 1.72. The molecule has 0 saturated heterocycles. The normalized spacial score (nSPS) is 9.75. The number of hydrogen-bond acceptors (Lipinski definition) is 2. The van der Waals surface area contributed by atoms with Gasteiger partial charge in [0.25, 0.3) is 0 Å². The summed E-state index contributed by atoms with van der Waals surface area (Å²) in [6.45, 7) is 0.501. The average Bonchev–Trinajstić information content (AvgIpc) is 2.47. The Balaban J connectivity index is 0.000000720. The van der Waals surface area contributed by atoms with Crippen molar-refractivity contribution in [1.82, 2.24) is 9.38 Å². The molecule has 3 nitrogen and oxygen atoms in total. The monoisotopic (exact) mass is 183 g/mol. The molecule has 2 aromatic rings. The molecule has 0 atom stereocenters. The fourth-order valence-corrected chi connectivity index (χ4v) is 1.16. The Morgan fingerprint density at radius 3 is 3.00 bits per heavy atom. The zero-order valence-corrected chi connectivity index (χ0v) is 7.29. The molecular formula is C8H10ClN3. The minimum Gasteiger partial charge on any atom is -0.325 e. The van der Waals surface area contributed by atoms with E-state index in [4.69, 9.17) is 5.73 Å². The Morgan fingerprint density at radius 1 is 1.42 bits per heavy atom. The molecule has 0 aliphatic carbocycles. The number of aromatic nitrogens is 2. The number of nitrogens with two attached hydrogens (primary N) is 1. The molecule has 64 valence electrons. The van der Waals surface area contributed by atoms with E-state index in [1.54, 1.807) is 6.33 Å². The fourth-order valence-electron chi connectivity index (χ4n) is 1.16. The smallest absolute Gasteiger partial charge is 0.0996 e. The van der Waals surface area contributed by atoms with E-state index in [0.29, 0.717) is 6.54 Å². The zero-order chi connectivity index (χ0) is 7.68. The molecule has 12 heavy (non-hydrogen) atoms. The topological polar surface area (TPSA) is 43.3 Å². The Kier molecular flexibility index (Phi) is 2.68. The summed E-state index contributed by atoms with van der Waals surface area (Å²) in [5.41, 5.74) is 7.53. The van der Waals surface area contributed by atoms with E-state index in [-0.39, 0.29) is 12.4 Å². The Morgan fingerprint density at radius 2 is 2.25 bits per heavy atom. The van der Waals surface area contributed by atoms with Crippen LogP contribution in [0.4, 0.5) is 0 Å². The van der Waals surface area contributed by atoms with Crippen LogP contribution < -0.4 is 5.73 Å². The van der Waals surface area contributed by atoms with Gasteiger partial charge < -0.3 is 10.1 Å². The summed E-state index contributed by atoms with van der Waals surface area (Å²) in [7, 11) is 0. The van der Waals surface area contributed by atoms with Gasteiger partial charge >= 0.3 is 0 Å². The van der Waals surface area contributed by atoms with E-state index >= 15 is 0 Å². The Bertz CT molecular complexity index is 369. The molecule has 0 fully saturated rings. The summed E-state index contributed by atoms with van der Waals surface area (Å²) in [5.74, 6) is 0. The van der Waals surface area contributed by atoms with Crippen LogP contribution in [0.1, 0.15) is 5.69 Å². The van der Waals surface area contributed by atoms with Crippen LogP contribution in [0.5, 0.6) is 0 Å². The summed E-state index contributed by atoms with van der Waals surface area (Å²) in [5, 5.41) is 0. The lowest BCUT2D eigenvalue weighted by molar-refractivity contribution is 1.02. The zero-order valence-electron chi connectivity index (χ0n) is 6.47. The molecule has 0 spiro atoms. The first-order chi connectivity index (χ1) is 5.42. The van der Waals surface area contributed by atoms with Crippen LogP contribution in [0.3, 0.4) is 0 Å². The first kappa shape index (κ1) is 9.03. The predicted octanol–water partition coefficient (Wildman–Crippen LogP) is 1.21. The van der Waals surface area contributed by atoms with E-state index in [0.717, 1.165) is 11.2 Å². The predicted molar refractivity (Wildman–Crippen MR) is 50.3 cm³/mol. The number of fused-ring (bicyclic) bond motifs is 1. The first-order valence-corrected chi connectivity index (χ1v) is 3.52. The van der Waals surface area contributed by atoms with Gasteiger partial charge in [-0.15, -0.1) is 12.4 Å². The van der Waals surface area contributed by atoms with Gasteiger partial charge in [-0.25, -0.2) is 4.98 Å². The van der Waals surface area contributed by atoms with E-state index < -0.39 is 0 Å². The van der Waals surface area contributed by atoms with Gasteiger partial charge in [-0.2, -0.15) is 0 Å². The average molecular weight is 184 g/mol. The number of nitrogens with zero attached hydrogens (tertiary/aromatic N) is 2. The summed E-state index contributed by atoms with van der Waals surface area (Å²) in [6, 6.07) is 5.96. The molecule has 4 heteroatoms. The number of rotatable bonds is 1. The third kappa shape index (κ3) is 1.29. The molecule has 0 aromatic carbocycles. The van der Waals surface area contributed by atoms with Crippen molar-refractivity contribution >= 4 is 17.9 Å². The minimum atomic E-state index is 0. The van der Waals surface area contributed by atoms with Crippen molar-refractivity contribution in [2.45, 2.75) is 6.54 Å². The van der Waals surface area contributed by atoms with Crippen molar-refractivity contribution in [3.05, 3.63) is 36.4 Å². The van der Waals surface area contributed by atoms with Crippen LogP contribution in [0.25, 0.3) is 5.52 Å². The molecular weight excluding hydrogens is 174 g/mol. The fraction of sp³-hybridized carbons (Fsp3) is 0.125. The highest BCUT2D eigenvalue weighted by molar-refractivity contribution is 5.85. The highest BCUT2D eigenvalue weighted by Crippen LogP contribution is 2.06. The van der Waals surface area contributed by atoms with Gasteiger partial charge in [0, 0.05) is 12.7 Å². The Hall–Kier alpha value is -1.06. The van der Waals surface area contributed by atoms with Gasteiger partial charge in [0.15, 0.2) is 0 Å². The summed E-state index contributed by atoms with van der Waals surface area (Å²) in [4.78, 5) is 4.15. The largest absolute Gasteiger partial charge is 0.325 e. The van der Waals surface area contributed by atoms with Gasteiger partial charge in [-0.1, -0.05) is 6.07 Å². The van der Waals surface area contributed by atoms with Gasteiger partial charge in [0.05, 0.1) is 17.5 Å². The molecule has 2 aromatic heterocycles. The lowest BCUT2D eigenvalue weighted by Gasteiger charge is -1.92. The Labute approximate surface area is 76.6 Å². The number of hydrogen-bond donors (Lipinski definition) is 1. The maximum absolute atomic E-state index is 5.48. The van der Waals surface area contributed by atoms with Crippen molar-refractivity contribution in [2.75, 3.05) is 0 Å². The quantitative estimate of drug-likeness (QED) is 0.723. The van der Waals surface area contributed by atoms with Crippen molar-refractivity contribution in [1.29, 1.82) is 0 Å². The summed E-state index contributed by atoms with van der Waals surface area (Å²) < 4.78 is 1.96. The molecule has 2 rings (SSSR count). The van der Waals surface area contributed by atoms with Crippen LogP contribution in [-0.2, 0) is 6.54 Å². The highest BCUT2D eigenvalue weighted by atomic mass is 35.5. The van der Waals surface area contributed by atoms with Crippen molar-refractivity contribution < 1.29 is 0 Å². The van der Waals surface area contributed by atoms with Gasteiger partial charge in [0.1, 0.15) is 0 Å². The van der Waals surface area contributed by atoms with Crippen LogP contribution >= 0.6 is 12.4 Å². The number of pyridine rings is 1. The number of halogens is 1. The molecule has 0 saturated carbocycles. The molecule has 0 radical (unpaired) electrons. The van der Waals surface area contributed by atoms with Crippen molar-refractivity contribution in [2.24, 2.45) is 5.73 Å². The van der Waals surface area contributed by atoms with E-state index in [9.17, 15) is 0 Å². The SMILES string of the molecule is Cl.NCc1ncn2ccccc12. The number of imidazole rings is 1. The molecule has 2 N–H and O–H groups in total. The van der Waals surface area contributed by atoms with Crippen LogP contribution in [0.2, 0.25) is 0 Å². The van der Waals surface area contributed by atoms with Gasteiger partial charge in [0.2, 0.25) is 0 Å². The van der Waals surface area contributed by atoms with Crippen molar-refractivity contribution in [3.8, 4) is 0 Å². The maximum Gasteiger partial charge on any atom is 0.0996 e. The van der Waals surface area contributed by atoms with E-state index in [1.807, 2.05) is 28.8 Å². The lowest BCUT2D eigenvalue weighted by atomic mass is 10.3. The van der Waals surface area contributed by atoms with Crippen molar-refractivity contribution in [3.63, 3.8) is 0 Å². The second-order valence-corrected chi connectivity index (χ2v) is 2.39. The molecule has 0 aliphatic heterocycles.